The summed E-state index contributed by atoms with van der Waals surface area (Å²) < 4.78 is 5.43. The molecular formula is C17H27NO3. The van der Waals surface area contributed by atoms with Crippen LogP contribution < -0.4 is 5.32 Å². The lowest BCUT2D eigenvalue weighted by molar-refractivity contribution is -0.00482. The van der Waals surface area contributed by atoms with Gasteiger partial charge < -0.3 is 15.2 Å². The molecule has 0 aliphatic rings. The third kappa shape index (κ3) is 5.76. The van der Waals surface area contributed by atoms with E-state index in [-0.39, 0.29) is 6.04 Å². The topological polar surface area (TPSA) is 58.6 Å². The number of unbranched alkanes of at least 4 members (excludes halogenated alkanes) is 1. The number of ether oxygens (including phenoxy) is 1. The fraction of sp³-hybridized carbons (Fsp3) is 0.588. The lowest BCUT2D eigenvalue weighted by Crippen LogP contribution is -2.36. The largest absolute Gasteiger partial charge is 0.443 e. The van der Waals surface area contributed by atoms with Crippen LogP contribution in [-0.4, -0.2) is 23.3 Å². The highest BCUT2D eigenvalue weighted by Gasteiger charge is 2.25. The Labute approximate surface area is 127 Å². The third-order valence-corrected chi connectivity index (χ3v) is 3.37. The summed E-state index contributed by atoms with van der Waals surface area (Å²) in [5.74, 6) is 0. The van der Waals surface area contributed by atoms with Gasteiger partial charge in [0.2, 0.25) is 0 Å². The molecule has 4 nitrogen and oxygen atoms in total. The molecular weight excluding hydrogens is 266 g/mol. The predicted molar refractivity (Wildman–Crippen MR) is 84.2 cm³/mol. The summed E-state index contributed by atoms with van der Waals surface area (Å²) in [6.07, 6.45) is 0.755. The van der Waals surface area contributed by atoms with Gasteiger partial charge in [-0.3, -0.25) is 0 Å². The van der Waals surface area contributed by atoms with Crippen LogP contribution in [0.15, 0.2) is 24.3 Å². The second-order valence-electron chi connectivity index (χ2n) is 5.69. The minimum Gasteiger partial charge on any atom is -0.443 e. The van der Waals surface area contributed by atoms with E-state index in [1.54, 1.807) is 0 Å². The van der Waals surface area contributed by atoms with Crippen molar-refractivity contribution in [2.45, 2.75) is 65.2 Å². The van der Waals surface area contributed by atoms with Crippen molar-refractivity contribution in [3.8, 4) is 0 Å². The van der Waals surface area contributed by atoms with E-state index < -0.39 is 18.3 Å². The number of carbonyl (C=O) groups is 1. The van der Waals surface area contributed by atoms with Crippen molar-refractivity contribution in [1.29, 1.82) is 0 Å². The van der Waals surface area contributed by atoms with Gasteiger partial charge in [-0.05, 0) is 44.7 Å². The molecule has 1 aromatic carbocycles. The van der Waals surface area contributed by atoms with E-state index in [2.05, 4.69) is 12.2 Å². The maximum atomic E-state index is 11.8. The van der Waals surface area contributed by atoms with Gasteiger partial charge in [0.15, 0.2) is 0 Å². The standard InChI is InChI=1S/C17H27NO3/c1-5-6-11-15(21-17(20)18-12(2)3)16(19)14-10-8-7-9-13(14)4/h7-10,12,15-16,19H,5-6,11H2,1-4H3,(H,18,20). The van der Waals surface area contributed by atoms with Crippen LogP contribution in [0.4, 0.5) is 4.79 Å². The molecule has 1 rings (SSSR count). The highest BCUT2D eigenvalue weighted by atomic mass is 16.6. The summed E-state index contributed by atoms with van der Waals surface area (Å²) in [4.78, 5) is 11.8. The zero-order valence-electron chi connectivity index (χ0n) is 13.4. The fourth-order valence-corrected chi connectivity index (χ4v) is 2.21. The van der Waals surface area contributed by atoms with Crippen LogP contribution in [0.5, 0.6) is 0 Å². The van der Waals surface area contributed by atoms with Crippen molar-refractivity contribution >= 4 is 6.09 Å². The molecule has 21 heavy (non-hydrogen) atoms. The van der Waals surface area contributed by atoms with Crippen molar-refractivity contribution in [3.05, 3.63) is 35.4 Å². The molecule has 0 fully saturated rings. The number of rotatable bonds is 7. The molecule has 0 radical (unpaired) electrons. The molecule has 1 aromatic rings. The molecule has 2 N–H and O–H groups in total. The average Bonchev–Trinajstić information content (AvgIpc) is 2.42. The maximum Gasteiger partial charge on any atom is 0.407 e. The summed E-state index contributed by atoms with van der Waals surface area (Å²) in [5, 5.41) is 13.3. The van der Waals surface area contributed by atoms with Crippen molar-refractivity contribution in [1.82, 2.24) is 5.32 Å². The highest BCUT2D eigenvalue weighted by Crippen LogP contribution is 2.25. The molecule has 0 saturated carbocycles. The Morgan fingerprint density at radius 3 is 2.57 bits per heavy atom. The first kappa shape index (κ1) is 17.5. The van der Waals surface area contributed by atoms with E-state index in [1.807, 2.05) is 45.0 Å². The van der Waals surface area contributed by atoms with Gasteiger partial charge in [0, 0.05) is 6.04 Å². The quantitative estimate of drug-likeness (QED) is 0.805. The first-order chi connectivity index (χ1) is 9.95. The smallest absolute Gasteiger partial charge is 0.407 e. The third-order valence-electron chi connectivity index (χ3n) is 3.37. The number of aliphatic hydroxyl groups is 1. The predicted octanol–water partition coefficient (Wildman–Crippen LogP) is 3.72. The van der Waals surface area contributed by atoms with Crippen LogP contribution in [-0.2, 0) is 4.74 Å². The van der Waals surface area contributed by atoms with E-state index in [4.69, 9.17) is 4.74 Å². The van der Waals surface area contributed by atoms with Crippen LogP contribution in [0.25, 0.3) is 0 Å². The molecule has 0 heterocycles. The number of amides is 1. The normalized spacial score (nSPS) is 13.8. The molecule has 118 valence electrons. The lowest BCUT2D eigenvalue weighted by atomic mass is 9.96. The molecule has 0 spiro atoms. The molecule has 0 aromatic heterocycles. The Balaban J connectivity index is 2.81. The average molecular weight is 293 g/mol. The molecule has 4 heteroatoms. The minimum absolute atomic E-state index is 0.0138. The lowest BCUT2D eigenvalue weighted by Gasteiger charge is -2.25. The van der Waals surface area contributed by atoms with Crippen molar-refractivity contribution in [3.63, 3.8) is 0 Å². The Hall–Kier alpha value is -1.55. The van der Waals surface area contributed by atoms with Crippen LogP contribution in [0.1, 0.15) is 57.3 Å². The van der Waals surface area contributed by atoms with Gasteiger partial charge in [-0.2, -0.15) is 0 Å². The Morgan fingerprint density at radius 1 is 1.33 bits per heavy atom. The van der Waals surface area contributed by atoms with Gasteiger partial charge >= 0.3 is 6.09 Å². The zero-order chi connectivity index (χ0) is 15.8. The number of nitrogens with one attached hydrogen (secondary N) is 1. The SMILES string of the molecule is CCCCC(OC(=O)NC(C)C)C(O)c1ccccc1C. The molecule has 1 amide bonds. The summed E-state index contributed by atoms with van der Waals surface area (Å²) >= 11 is 0. The van der Waals surface area contributed by atoms with E-state index in [9.17, 15) is 9.90 Å². The van der Waals surface area contributed by atoms with E-state index in [0.29, 0.717) is 6.42 Å². The van der Waals surface area contributed by atoms with Crippen molar-refractivity contribution in [2.75, 3.05) is 0 Å². The maximum absolute atomic E-state index is 11.8. The van der Waals surface area contributed by atoms with E-state index >= 15 is 0 Å². The fourth-order valence-electron chi connectivity index (χ4n) is 2.21. The number of alkyl carbamates (subject to hydrolysis) is 1. The Kier molecular flexibility index (Phi) is 7.23. The van der Waals surface area contributed by atoms with Gasteiger partial charge in [-0.25, -0.2) is 4.79 Å². The Morgan fingerprint density at radius 2 is 2.00 bits per heavy atom. The van der Waals surface area contributed by atoms with Gasteiger partial charge in [-0.15, -0.1) is 0 Å². The van der Waals surface area contributed by atoms with E-state index in [0.717, 1.165) is 24.0 Å². The number of aryl methyl sites for hydroxylation is 1. The highest BCUT2D eigenvalue weighted by molar-refractivity contribution is 5.67. The first-order valence-electron chi connectivity index (χ1n) is 7.66. The number of aliphatic hydroxyl groups excluding tert-OH is 1. The second kappa shape index (κ2) is 8.67. The molecule has 0 saturated heterocycles. The molecule has 2 unspecified atom stereocenters. The van der Waals surface area contributed by atoms with Gasteiger partial charge in [0.1, 0.15) is 12.2 Å². The monoisotopic (exact) mass is 293 g/mol. The van der Waals surface area contributed by atoms with Crippen LogP contribution in [0.2, 0.25) is 0 Å². The molecule has 2 atom stereocenters. The minimum atomic E-state index is -0.796. The van der Waals surface area contributed by atoms with Crippen LogP contribution >= 0.6 is 0 Å². The van der Waals surface area contributed by atoms with Crippen molar-refractivity contribution in [2.24, 2.45) is 0 Å². The summed E-state index contributed by atoms with van der Waals surface area (Å²) in [6.45, 7) is 7.77. The molecule has 0 aliphatic carbocycles. The van der Waals surface area contributed by atoms with Crippen molar-refractivity contribution < 1.29 is 14.6 Å². The van der Waals surface area contributed by atoms with Gasteiger partial charge in [0.25, 0.3) is 0 Å². The van der Waals surface area contributed by atoms with Crippen LogP contribution in [0.3, 0.4) is 0 Å². The first-order valence-corrected chi connectivity index (χ1v) is 7.66. The summed E-state index contributed by atoms with van der Waals surface area (Å²) in [7, 11) is 0. The Bertz CT molecular complexity index is 445. The van der Waals surface area contributed by atoms with Gasteiger partial charge in [-0.1, -0.05) is 37.6 Å². The van der Waals surface area contributed by atoms with E-state index in [1.165, 1.54) is 0 Å². The summed E-state index contributed by atoms with van der Waals surface area (Å²) in [5.41, 5.74) is 1.82. The second-order valence-corrected chi connectivity index (χ2v) is 5.69. The number of hydrogen-bond acceptors (Lipinski definition) is 3. The van der Waals surface area contributed by atoms with Crippen LogP contribution in [0, 0.1) is 6.92 Å². The summed E-state index contributed by atoms with van der Waals surface area (Å²) in [6, 6.07) is 7.65. The molecule has 0 bridgehead atoms. The zero-order valence-corrected chi connectivity index (χ0v) is 13.4. The van der Waals surface area contributed by atoms with Gasteiger partial charge in [0.05, 0.1) is 0 Å². The molecule has 0 aliphatic heterocycles. The number of benzene rings is 1. The number of hydrogen-bond donors (Lipinski definition) is 2. The number of carbonyl (C=O) groups excluding carboxylic acids is 1.